The second-order valence-electron chi connectivity index (χ2n) is 4.85. The molecule has 1 aliphatic carbocycles. The molecule has 3 N–H and O–H groups in total. The van der Waals surface area contributed by atoms with Crippen LogP contribution in [0.4, 0.5) is 5.69 Å². The molecule has 1 saturated carbocycles. The van der Waals surface area contributed by atoms with Crippen molar-refractivity contribution in [1.29, 1.82) is 0 Å². The summed E-state index contributed by atoms with van der Waals surface area (Å²) in [5.41, 5.74) is 7.35. The molecule has 0 unspecified atom stereocenters. The van der Waals surface area contributed by atoms with Gasteiger partial charge in [0.05, 0.1) is 0 Å². The minimum absolute atomic E-state index is 0.00988. The Morgan fingerprint density at radius 1 is 1.28 bits per heavy atom. The van der Waals surface area contributed by atoms with Gasteiger partial charge in [0.1, 0.15) is 0 Å². The lowest BCUT2D eigenvalue weighted by Gasteiger charge is -2.21. The second kappa shape index (κ2) is 6.24. The molecular weight excluding hydrogens is 224 g/mol. The standard InChI is InChI=1S/C15H20N2O/c16-13-6-4-5-12(11-13)9-10-15(18)17-14-7-2-1-3-8-14/h4-6,9-11,14H,1-3,7-8,16H2,(H,17,18)/b10-9+. The van der Waals surface area contributed by atoms with Crippen molar-refractivity contribution >= 4 is 17.7 Å². The number of nitrogens with two attached hydrogens (primary N) is 1. The summed E-state index contributed by atoms with van der Waals surface area (Å²) in [6.07, 6.45) is 9.35. The quantitative estimate of drug-likeness (QED) is 0.634. The average Bonchev–Trinajstić information content (AvgIpc) is 2.38. The lowest BCUT2D eigenvalue weighted by atomic mass is 9.95. The summed E-state index contributed by atoms with van der Waals surface area (Å²) in [5.74, 6) is -0.00988. The van der Waals surface area contributed by atoms with Gasteiger partial charge in [-0.2, -0.15) is 0 Å². The Morgan fingerprint density at radius 3 is 2.78 bits per heavy atom. The Balaban J connectivity index is 1.86. The van der Waals surface area contributed by atoms with E-state index in [-0.39, 0.29) is 5.91 Å². The van der Waals surface area contributed by atoms with Gasteiger partial charge >= 0.3 is 0 Å². The van der Waals surface area contributed by atoms with Crippen LogP contribution in [0.1, 0.15) is 37.7 Å². The molecule has 0 aliphatic heterocycles. The van der Waals surface area contributed by atoms with Gasteiger partial charge < -0.3 is 11.1 Å². The molecular formula is C15H20N2O. The first-order chi connectivity index (χ1) is 8.74. The highest BCUT2D eigenvalue weighted by Crippen LogP contribution is 2.17. The highest BCUT2D eigenvalue weighted by Gasteiger charge is 2.13. The fourth-order valence-corrected chi connectivity index (χ4v) is 2.33. The molecule has 1 aromatic rings. The predicted octanol–water partition coefficient (Wildman–Crippen LogP) is 2.73. The first kappa shape index (κ1) is 12.7. The zero-order valence-electron chi connectivity index (χ0n) is 10.6. The number of rotatable bonds is 3. The molecule has 0 heterocycles. The number of hydrogen-bond acceptors (Lipinski definition) is 2. The molecule has 0 saturated heterocycles. The van der Waals surface area contributed by atoms with Crippen molar-refractivity contribution in [2.45, 2.75) is 38.1 Å². The summed E-state index contributed by atoms with van der Waals surface area (Å²) in [6, 6.07) is 7.86. The third-order valence-electron chi connectivity index (χ3n) is 3.29. The predicted molar refractivity (Wildman–Crippen MR) is 74.9 cm³/mol. The van der Waals surface area contributed by atoms with Gasteiger partial charge in [-0.05, 0) is 36.6 Å². The van der Waals surface area contributed by atoms with Gasteiger partial charge in [0.25, 0.3) is 0 Å². The second-order valence-corrected chi connectivity index (χ2v) is 4.85. The monoisotopic (exact) mass is 244 g/mol. The van der Waals surface area contributed by atoms with Crippen molar-refractivity contribution in [1.82, 2.24) is 5.32 Å². The lowest BCUT2D eigenvalue weighted by Crippen LogP contribution is -2.34. The van der Waals surface area contributed by atoms with Gasteiger partial charge in [-0.3, -0.25) is 4.79 Å². The molecule has 2 rings (SSSR count). The molecule has 0 spiro atoms. The number of anilines is 1. The summed E-state index contributed by atoms with van der Waals surface area (Å²) in [5, 5.41) is 3.05. The normalized spacial score (nSPS) is 16.9. The molecule has 0 atom stereocenters. The molecule has 1 amide bonds. The number of carbonyl (C=O) groups excluding carboxylic acids is 1. The zero-order valence-corrected chi connectivity index (χ0v) is 10.6. The van der Waals surface area contributed by atoms with Gasteiger partial charge in [-0.25, -0.2) is 0 Å². The number of amides is 1. The first-order valence-electron chi connectivity index (χ1n) is 6.58. The first-order valence-corrected chi connectivity index (χ1v) is 6.58. The number of hydrogen-bond donors (Lipinski definition) is 2. The minimum Gasteiger partial charge on any atom is -0.399 e. The number of benzene rings is 1. The van der Waals surface area contributed by atoms with Crippen LogP contribution in [0.25, 0.3) is 6.08 Å². The molecule has 1 aliphatic rings. The molecule has 3 nitrogen and oxygen atoms in total. The lowest BCUT2D eigenvalue weighted by molar-refractivity contribution is -0.117. The van der Waals surface area contributed by atoms with Crippen LogP contribution in [0.3, 0.4) is 0 Å². The summed E-state index contributed by atoms with van der Waals surface area (Å²) < 4.78 is 0. The van der Waals surface area contributed by atoms with Crippen LogP contribution in [-0.4, -0.2) is 11.9 Å². The largest absolute Gasteiger partial charge is 0.399 e. The fourth-order valence-electron chi connectivity index (χ4n) is 2.33. The van der Waals surface area contributed by atoms with Crippen molar-refractivity contribution in [3.05, 3.63) is 35.9 Å². The summed E-state index contributed by atoms with van der Waals surface area (Å²) in [7, 11) is 0. The Labute approximate surface area is 108 Å². The highest BCUT2D eigenvalue weighted by atomic mass is 16.1. The molecule has 0 aromatic heterocycles. The van der Waals surface area contributed by atoms with E-state index >= 15 is 0 Å². The van der Waals surface area contributed by atoms with Crippen LogP contribution in [0, 0.1) is 0 Å². The van der Waals surface area contributed by atoms with Gasteiger partial charge in [-0.15, -0.1) is 0 Å². The van der Waals surface area contributed by atoms with E-state index in [1.54, 1.807) is 12.2 Å². The van der Waals surface area contributed by atoms with Gasteiger partial charge in [0.2, 0.25) is 5.91 Å². The number of carbonyl (C=O) groups is 1. The van der Waals surface area contributed by atoms with E-state index in [1.165, 1.54) is 19.3 Å². The van der Waals surface area contributed by atoms with Crippen molar-refractivity contribution in [2.24, 2.45) is 0 Å². The third kappa shape index (κ3) is 3.91. The van der Waals surface area contributed by atoms with Crippen LogP contribution in [0.5, 0.6) is 0 Å². The molecule has 1 aromatic carbocycles. The Hall–Kier alpha value is -1.77. The van der Waals surface area contributed by atoms with Crippen molar-refractivity contribution in [3.63, 3.8) is 0 Å². The summed E-state index contributed by atoms with van der Waals surface area (Å²) in [6.45, 7) is 0. The highest BCUT2D eigenvalue weighted by molar-refractivity contribution is 5.92. The molecule has 0 bridgehead atoms. The minimum atomic E-state index is -0.00988. The molecule has 3 heteroatoms. The summed E-state index contributed by atoms with van der Waals surface area (Å²) in [4.78, 5) is 11.7. The van der Waals surface area contributed by atoms with Gasteiger partial charge in [0, 0.05) is 17.8 Å². The zero-order chi connectivity index (χ0) is 12.8. The van der Waals surface area contributed by atoms with Crippen molar-refractivity contribution in [3.8, 4) is 0 Å². The molecule has 0 radical (unpaired) electrons. The Kier molecular flexibility index (Phi) is 4.40. The SMILES string of the molecule is Nc1cccc(/C=C/C(=O)NC2CCCCC2)c1. The van der Waals surface area contributed by atoms with E-state index in [4.69, 9.17) is 5.73 Å². The fraction of sp³-hybridized carbons (Fsp3) is 0.400. The van der Waals surface area contributed by atoms with Crippen LogP contribution in [0.2, 0.25) is 0 Å². The van der Waals surface area contributed by atoms with Crippen LogP contribution in [0.15, 0.2) is 30.3 Å². The molecule has 18 heavy (non-hydrogen) atoms. The van der Waals surface area contributed by atoms with Crippen molar-refractivity contribution in [2.75, 3.05) is 5.73 Å². The van der Waals surface area contributed by atoms with E-state index in [9.17, 15) is 4.79 Å². The van der Waals surface area contributed by atoms with E-state index in [0.717, 1.165) is 18.4 Å². The summed E-state index contributed by atoms with van der Waals surface area (Å²) >= 11 is 0. The molecule has 1 fully saturated rings. The Morgan fingerprint density at radius 2 is 2.06 bits per heavy atom. The topological polar surface area (TPSA) is 55.1 Å². The maximum atomic E-state index is 11.7. The Bertz CT molecular complexity index is 434. The maximum Gasteiger partial charge on any atom is 0.244 e. The van der Waals surface area contributed by atoms with Crippen LogP contribution in [-0.2, 0) is 4.79 Å². The average molecular weight is 244 g/mol. The third-order valence-corrected chi connectivity index (χ3v) is 3.29. The number of nitrogen functional groups attached to an aromatic ring is 1. The van der Waals surface area contributed by atoms with E-state index in [0.29, 0.717) is 11.7 Å². The molecule has 96 valence electrons. The number of nitrogens with one attached hydrogen (secondary N) is 1. The van der Waals surface area contributed by atoms with Gasteiger partial charge in [0.15, 0.2) is 0 Å². The van der Waals surface area contributed by atoms with Crippen molar-refractivity contribution < 1.29 is 4.79 Å². The van der Waals surface area contributed by atoms with E-state index in [2.05, 4.69) is 5.32 Å². The van der Waals surface area contributed by atoms with E-state index < -0.39 is 0 Å². The maximum absolute atomic E-state index is 11.7. The van der Waals surface area contributed by atoms with Gasteiger partial charge in [-0.1, -0.05) is 31.4 Å². The van der Waals surface area contributed by atoms with Crippen LogP contribution < -0.4 is 11.1 Å². The smallest absolute Gasteiger partial charge is 0.244 e. The van der Waals surface area contributed by atoms with E-state index in [1.807, 2.05) is 24.3 Å². The van der Waals surface area contributed by atoms with Crippen LogP contribution >= 0.6 is 0 Å².